The Balaban J connectivity index is 1.64. The Morgan fingerprint density at radius 2 is 1.59 bits per heavy atom. The first kappa shape index (κ1) is 29.0. The first-order valence-electron chi connectivity index (χ1n) is 11.9. The second-order valence-electron chi connectivity index (χ2n) is 9.52. The monoisotopic (exact) mass is 577 g/mol. The molecule has 1 saturated heterocycles. The summed E-state index contributed by atoms with van der Waals surface area (Å²) < 4.78 is 105. The zero-order valence-corrected chi connectivity index (χ0v) is 21.4. The molecule has 212 valence electrons. The lowest BCUT2D eigenvalue weighted by atomic mass is 9.86. The van der Waals surface area contributed by atoms with Crippen LogP contribution in [-0.4, -0.2) is 55.8 Å². The van der Waals surface area contributed by atoms with Crippen LogP contribution in [0.1, 0.15) is 48.1 Å². The molecule has 0 aromatic heterocycles. The summed E-state index contributed by atoms with van der Waals surface area (Å²) in [5.41, 5.74) is -3.69. The molecule has 0 radical (unpaired) electrons. The van der Waals surface area contributed by atoms with E-state index in [0.29, 0.717) is 33.7 Å². The largest absolute Gasteiger partial charge is 0.419 e. The van der Waals surface area contributed by atoms with Crippen molar-refractivity contribution in [2.75, 3.05) is 18.4 Å². The van der Waals surface area contributed by atoms with Gasteiger partial charge in [-0.1, -0.05) is 30.3 Å². The molecule has 0 spiro atoms. The van der Waals surface area contributed by atoms with Gasteiger partial charge in [-0.3, -0.25) is 14.5 Å². The van der Waals surface area contributed by atoms with E-state index >= 15 is 0 Å². The van der Waals surface area contributed by atoms with E-state index in [9.17, 15) is 40.1 Å². The van der Waals surface area contributed by atoms with Crippen molar-refractivity contribution in [3.63, 3.8) is 0 Å². The van der Waals surface area contributed by atoms with Crippen molar-refractivity contribution in [3.05, 3.63) is 64.7 Å². The van der Waals surface area contributed by atoms with Gasteiger partial charge < -0.3 is 14.8 Å². The van der Waals surface area contributed by atoms with E-state index in [4.69, 9.17) is 4.55 Å². The fraction of sp³-hybridized carbons (Fsp3) is 0.440. The molecule has 2 aliphatic heterocycles. The number of amides is 2. The van der Waals surface area contributed by atoms with Gasteiger partial charge in [-0.2, -0.15) is 26.3 Å². The number of anilines is 1. The maximum atomic E-state index is 14.2. The van der Waals surface area contributed by atoms with Crippen molar-refractivity contribution in [1.29, 1.82) is 0 Å². The molecule has 2 aromatic rings. The highest BCUT2D eigenvalue weighted by molar-refractivity contribution is 7.78. The van der Waals surface area contributed by atoms with Gasteiger partial charge in [-0.25, -0.2) is 4.21 Å². The van der Waals surface area contributed by atoms with Crippen LogP contribution in [0.5, 0.6) is 0 Å². The average Bonchev–Trinajstić information content (AvgIpc) is 3.46. The molecule has 2 heterocycles. The van der Waals surface area contributed by atoms with Crippen LogP contribution in [0, 0.1) is 0 Å². The Bertz CT molecular complexity index is 1260. The number of benzene rings is 2. The van der Waals surface area contributed by atoms with Crippen molar-refractivity contribution in [3.8, 4) is 0 Å². The molecular formula is C25H25F6N3O4S. The van der Waals surface area contributed by atoms with Gasteiger partial charge in [0.2, 0.25) is 11.4 Å². The van der Waals surface area contributed by atoms with E-state index in [1.165, 1.54) is 17.9 Å². The quantitative estimate of drug-likeness (QED) is 0.378. The van der Waals surface area contributed by atoms with Crippen LogP contribution in [-0.2, 0) is 38.5 Å². The Hall–Kier alpha value is -2.97. The van der Waals surface area contributed by atoms with Gasteiger partial charge in [-0.15, -0.1) is 0 Å². The van der Waals surface area contributed by atoms with Crippen molar-refractivity contribution >= 4 is 28.6 Å². The van der Waals surface area contributed by atoms with Crippen LogP contribution in [0.2, 0.25) is 0 Å². The normalized spacial score (nSPS) is 19.2. The SMILES string of the molecule is CC(=O)N1Cc2cc(CS(=O)O)ccc2C1C(=O)Nc1ccc(C(N2CCCC2)(C(F)(F)F)C(F)(F)F)cc1. The zero-order valence-electron chi connectivity index (χ0n) is 20.6. The Kier molecular flexibility index (Phi) is 7.85. The molecule has 2 amide bonds. The summed E-state index contributed by atoms with van der Waals surface area (Å²) >= 11 is -2.10. The van der Waals surface area contributed by atoms with Crippen molar-refractivity contribution in [2.45, 2.75) is 56.0 Å². The van der Waals surface area contributed by atoms with E-state index in [-0.39, 0.29) is 43.9 Å². The molecule has 2 aromatic carbocycles. The predicted molar refractivity (Wildman–Crippen MR) is 130 cm³/mol. The van der Waals surface area contributed by atoms with Crippen LogP contribution in [0.4, 0.5) is 32.0 Å². The number of alkyl halides is 6. The van der Waals surface area contributed by atoms with Gasteiger partial charge >= 0.3 is 12.4 Å². The van der Waals surface area contributed by atoms with E-state index < -0.39 is 52.4 Å². The molecular weight excluding hydrogens is 552 g/mol. The minimum atomic E-state index is -5.66. The number of fused-ring (bicyclic) bond motifs is 1. The van der Waals surface area contributed by atoms with Crippen LogP contribution in [0.25, 0.3) is 0 Å². The molecule has 0 bridgehead atoms. The van der Waals surface area contributed by atoms with Crippen LogP contribution < -0.4 is 5.32 Å². The number of halogens is 6. The van der Waals surface area contributed by atoms with E-state index in [0.717, 1.165) is 12.1 Å². The smallest absolute Gasteiger partial charge is 0.324 e. The third kappa shape index (κ3) is 5.29. The highest BCUT2D eigenvalue weighted by Gasteiger charge is 2.74. The second-order valence-corrected chi connectivity index (χ2v) is 10.4. The lowest BCUT2D eigenvalue weighted by molar-refractivity contribution is -0.346. The first-order valence-corrected chi connectivity index (χ1v) is 13.2. The molecule has 2 aliphatic rings. The number of rotatable bonds is 6. The average molecular weight is 578 g/mol. The van der Waals surface area contributed by atoms with Gasteiger partial charge in [0, 0.05) is 19.2 Å². The number of likely N-dealkylation sites (tertiary alicyclic amines) is 1. The minimum Gasteiger partial charge on any atom is -0.324 e. The maximum Gasteiger partial charge on any atom is 0.419 e. The number of hydrogen-bond donors (Lipinski definition) is 2. The van der Waals surface area contributed by atoms with Gasteiger partial charge in [0.05, 0.1) is 5.75 Å². The summed E-state index contributed by atoms with van der Waals surface area (Å²) in [4.78, 5) is 27.1. The second kappa shape index (κ2) is 10.5. The number of hydrogen-bond acceptors (Lipinski definition) is 4. The van der Waals surface area contributed by atoms with Gasteiger partial charge in [0.1, 0.15) is 6.04 Å². The van der Waals surface area contributed by atoms with Gasteiger partial charge in [-0.05, 0) is 60.3 Å². The molecule has 14 heteroatoms. The van der Waals surface area contributed by atoms with Crippen molar-refractivity contribution < 1.29 is 44.7 Å². The topological polar surface area (TPSA) is 90.0 Å². The van der Waals surface area contributed by atoms with E-state index in [1.807, 2.05) is 0 Å². The fourth-order valence-electron chi connectivity index (χ4n) is 5.40. The summed E-state index contributed by atoms with van der Waals surface area (Å²) in [7, 11) is 0. The number of nitrogens with one attached hydrogen (secondary N) is 1. The summed E-state index contributed by atoms with van der Waals surface area (Å²) in [6.45, 7) is 0.560. The van der Waals surface area contributed by atoms with E-state index in [2.05, 4.69) is 5.32 Å². The zero-order chi connectivity index (χ0) is 28.8. The third-order valence-electron chi connectivity index (χ3n) is 7.07. The van der Waals surface area contributed by atoms with Crippen LogP contribution in [0.15, 0.2) is 42.5 Å². The molecule has 7 nitrogen and oxygen atoms in total. The molecule has 2 atom stereocenters. The highest BCUT2D eigenvalue weighted by atomic mass is 32.2. The standard InChI is InChI=1S/C25H25F6N3O4S/c1-15(35)34-13-17-12-16(14-39(37)38)4-9-20(17)21(34)22(36)32-19-7-5-18(6-8-19)23(24(26,27)28,25(29,30)31)33-10-2-3-11-33/h4-9,12,21H,2-3,10-11,13-14H2,1H3,(H,32,36)(H,37,38). The van der Waals surface area contributed by atoms with Gasteiger partial charge in [0.15, 0.2) is 11.1 Å². The molecule has 0 aliphatic carbocycles. The Labute approximate surface area is 222 Å². The summed E-state index contributed by atoms with van der Waals surface area (Å²) in [6, 6.07) is 6.95. The fourth-order valence-corrected chi connectivity index (χ4v) is 5.87. The van der Waals surface area contributed by atoms with Crippen molar-refractivity contribution in [2.24, 2.45) is 0 Å². The highest BCUT2D eigenvalue weighted by Crippen LogP contribution is 2.55. The van der Waals surface area contributed by atoms with Gasteiger partial charge in [0.25, 0.3) is 5.91 Å². The van der Waals surface area contributed by atoms with E-state index in [1.54, 1.807) is 12.1 Å². The number of nitrogens with zero attached hydrogens (tertiary/aromatic N) is 2. The Morgan fingerprint density at radius 3 is 2.10 bits per heavy atom. The Morgan fingerprint density at radius 1 is 1.00 bits per heavy atom. The third-order valence-corrected chi connectivity index (χ3v) is 7.65. The van der Waals surface area contributed by atoms with Crippen molar-refractivity contribution in [1.82, 2.24) is 9.80 Å². The molecule has 39 heavy (non-hydrogen) atoms. The first-order chi connectivity index (χ1) is 18.2. The predicted octanol–water partition coefficient (Wildman–Crippen LogP) is 4.87. The molecule has 2 N–H and O–H groups in total. The molecule has 1 fully saturated rings. The van der Waals surface area contributed by atoms with Crippen LogP contribution in [0.3, 0.4) is 0 Å². The maximum absolute atomic E-state index is 14.2. The lowest BCUT2D eigenvalue weighted by Crippen LogP contribution is -2.64. The number of carbonyl (C=O) groups is 2. The molecule has 4 rings (SSSR count). The minimum absolute atomic E-state index is 0.0448. The molecule has 0 saturated carbocycles. The lowest BCUT2D eigenvalue weighted by Gasteiger charge is -2.44. The van der Waals surface area contributed by atoms with Crippen LogP contribution >= 0.6 is 0 Å². The summed E-state index contributed by atoms with van der Waals surface area (Å²) in [6.07, 6.45) is -10.9. The summed E-state index contributed by atoms with van der Waals surface area (Å²) in [5.74, 6) is -1.31. The summed E-state index contributed by atoms with van der Waals surface area (Å²) in [5, 5.41) is 2.48. The molecule has 2 unspecified atom stereocenters. The number of carbonyl (C=O) groups excluding carboxylic acids is 2.